The van der Waals surface area contributed by atoms with E-state index in [4.69, 9.17) is 10.5 Å². The van der Waals surface area contributed by atoms with Crippen LogP contribution in [-0.4, -0.2) is 28.0 Å². The van der Waals surface area contributed by atoms with Crippen LogP contribution in [0.25, 0.3) is 0 Å². The lowest BCUT2D eigenvalue weighted by atomic mass is 10.2. The Labute approximate surface area is 156 Å². The minimum absolute atomic E-state index is 0.237. The van der Waals surface area contributed by atoms with Gasteiger partial charge in [0.1, 0.15) is 23.6 Å². The summed E-state index contributed by atoms with van der Waals surface area (Å²) in [5.74, 6) is 1.30. The Morgan fingerprint density at radius 3 is 2.67 bits per heavy atom. The van der Waals surface area contributed by atoms with Crippen molar-refractivity contribution in [3.8, 4) is 5.75 Å². The molecule has 9 nitrogen and oxygen atoms in total. The van der Waals surface area contributed by atoms with Crippen molar-refractivity contribution in [2.24, 2.45) is 0 Å². The van der Waals surface area contributed by atoms with Crippen LogP contribution in [0.15, 0.2) is 48.9 Å². The van der Waals surface area contributed by atoms with Gasteiger partial charge in [0.15, 0.2) is 11.6 Å². The van der Waals surface area contributed by atoms with Gasteiger partial charge in [0, 0.05) is 6.20 Å². The SMILES string of the molecule is COc1ccccc1C(=O)NNc1ncnc(Nc2cc(C)ccn2)c1N. The molecule has 3 aromatic rings. The Balaban J connectivity index is 1.73. The summed E-state index contributed by atoms with van der Waals surface area (Å²) >= 11 is 0. The number of carbonyl (C=O) groups excluding carboxylic acids is 1. The average molecular weight is 365 g/mol. The third-order valence-corrected chi connectivity index (χ3v) is 3.69. The van der Waals surface area contributed by atoms with Crippen molar-refractivity contribution in [3.05, 3.63) is 60.0 Å². The molecule has 0 aliphatic carbocycles. The first kappa shape index (κ1) is 17.9. The summed E-state index contributed by atoms with van der Waals surface area (Å²) in [5.41, 5.74) is 13.0. The molecule has 1 amide bonds. The largest absolute Gasteiger partial charge is 0.496 e. The van der Waals surface area contributed by atoms with Crippen molar-refractivity contribution >= 4 is 29.0 Å². The van der Waals surface area contributed by atoms with Crippen molar-refractivity contribution in [1.82, 2.24) is 20.4 Å². The summed E-state index contributed by atoms with van der Waals surface area (Å²) in [4.78, 5) is 24.7. The number of anilines is 4. The lowest BCUT2D eigenvalue weighted by Gasteiger charge is -2.14. The number of pyridine rings is 1. The van der Waals surface area contributed by atoms with E-state index in [1.807, 2.05) is 19.1 Å². The van der Waals surface area contributed by atoms with Crippen LogP contribution in [0.3, 0.4) is 0 Å². The van der Waals surface area contributed by atoms with Gasteiger partial charge in [-0.25, -0.2) is 15.0 Å². The lowest BCUT2D eigenvalue weighted by Crippen LogP contribution is -2.30. The van der Waals surface area contributed by atoms with E-state index in [-0.39, 0.29) is 17.4 Å². The second-order valence-corrected chi connectivity index (χ2v) is 5.61. The van der Waals surface area contributed by atoms with Gasteiger partial charge < -0.3 is 15.8 Å². The van der Waals surface area contributed by atoms with Crippen LogP contribution in [0.5, 0.6) is 5.75 Å². The second kappa shape index (κ2) is 8.00. The van der Waals surface area contributed by atoms with Gasteiger partial charge >= 0.3 is 0 Å². The summed E-state index contributed by atoms with van der Waals surface area (Å²) in [6.45, 7) is 1.95. The van der Waals surface area contributed by atoms with Crippen LogP contribution in [0.2, 0.25) is 0 Å². The quantitative estimate of drug-likeness (QED) is 0.490. The maximum absolute atomic E-state index is 12.4. The number of methoxy groups -OCH3 is 1. The van der Waals surface area contributed by atoms with E-state index >= 15 is 0 Å². The summed E-state index contributed by atoms with van der Waals surface area (Å²) in [6, 6.07) is 10.6. The summed E-state index contributed by atoms with van der Waals surface area (Å²) in [5, 5.41) is 3.03. The molecule has 2 aromatic heterocycles. The number of para-hydroxylation sites is 1. The van der Waals surface area contributed by atoms with Gasteiger partial charge in [-0.15, -0.1) is 0 Å². The Morgan fingerprint density at radius 1 is 1.11 bits per heavy atom. The fourth-order valence-corrected chi connectivity index (χ4v) is 2.34. The predicted molar refractivity (Wildman–Crippen MR) is 103 cm³/mol. The normalized spacial score (nSPS) is 10.1. The van der Waals surface area contributed by atoms with E-state index in [1.54, 1.807) is 30.5 Å². The van der Waals surface area contributed by atoms with Gasteiger partial charge in [-0.1, -0.05) is 12.1 Å². The molecular weight excluding hydrogens is 346 g/mol. The van der Waals surface area contributed by atoms with Crippen molar-refractivity contribution in [2.75, 3.05) is 23.6 Å². The van der Waals surface area contributed by atoms with Gasteiger partial charge in [-0.05, 0) is 36.8 Å². The zero-order valence-electron chi connectivity index (χ0n) is 14.9. The first-order chi connectivity index (χ1) is 13.1. The summed E-state index contributed by atoms with van der Waals surface area (Å²) in [6.07, 6.45) is 3.01. The number of hydrogen-bond acceptors (Lipinski definition) is 8. The first-order valence-corrected chi connectivity index (χ1v) is 8.08. The maximum atomic E-state index is 12.4. The zero-order valence-corrected chi connectivity index (χ0v) is 14.9. The monoisotopic (exact) mass is 365 g/mol. The molecule has 0 aliphatic heterocycles. The third-order valence-electron chi connectivity index (χ3n) is 3.69. The number of aryl methyl sites for hydroxylation is 1. The fraction of sp³-hybridized carbons (Fsp3) is 0.111. The molecule has 0 fully saturated rings. The molecule has 0 saturated carbocycles. The van der Waals surface area contributed by atoms with E-state index in [0.29, 0.717) is 22.9 Å². The molecule has 2 heterocycles. The Hall–Kier alpha value is -3.88. The molecule has 0 spiro atoms. The highest BCUT2D eigenvalue weighted by Crippen LogP contribution is 2.25. The molecule has 5 N–H and O–H groups in total. The second-order valence-electron chi connectivity index (χ2n) is 5.61. The van der Waals surface area contributed by atoms with E-state index in [2.05, 4.69) is 31.1 Å². The van der Waals surface area contributed by atoms with Gasteiger partial charge in [0.05, 0.1) is 12.7 Å². The Bertz CT molecular complexity index is 962. The van der Waals surface area contributed by atoms with E-state index in [0.717, 1.165) is 5.56 Å². The molecule has 0 atom stereocenters. The van der Waals surface area contributed by atoms with Crippen LogP contribution in [0, 0.1) is 6.92 Å². The van der Waals surface area contributed by atoms with Gasteiger partial charge in [-0.3, -0.25) is 15.6 Å². The molecular formula is C18H19N7O2. The number of rotatable bonds is 6. The van der Waals surface area contributed by atoms with Crippen molar-refractivity contribution in [2.45, 2.75) is 6.92 Å². The minimum atomic E-state index is -0.389. The van der Waals surface area contributed by atoms with Crippen molar-refractivity contribution < 1.29 is 9.53 Å². The predicted octanol–water partition coefficient (Wildman–Crippen LogP) is 2.27. The highest BCUT2D eigenvalue weighted by molar-refractivity contribution is 5.97. The number of ether oxygens (including phenoxy) is 1. The minimum Gasteiger partial charge on any atom is -0.496 e. The number of amides is 1. The van der Waals surface area contributed by atoms with Crippen LogP contribution in [0.4, 0.5) is 23.1 Å². The maximum Gasteiger partial charge on any atom is 0.273 e. The van der Waals surface area contributed by atoms with Crippen LogP contribution in [-0.2, 0) is 0 Å². The number of carbonyl (C=O) groups is 1. The Kier molecular flexibility index (Phi) is 5.31. The van der Waals surface area contributed by atoms with E-state index in [1.165, 1.54) is 13.4 Å². The molecule has 0 radical (unpaired) electrons. The Morgan fingerprint density at radius 2 is 1.89 bits per heavy atom. The van der Waals surface area contributed by atoms with E-state index in [9.17, 15) is 4.79 Å². The summed E-state index contributed by atoms with van der Waals surface area (Å²) in [7, 11) is 1.50. The molecule has 0 bridgehead atoms. The van der Waals surface area contributed by atoms with Crippen molar-refractivity contribution in [3.63, 3.8) is 0 Å². The van der Waals surface area contributed by atoms with Crippen LogP contribution >= 0.6 is 0 Å². The molecule has 0 saturated heterocycles. The number of nitrogens with zero attached hydrogens (tertiary/aromatic N) is 3. The fourth-order valence-electron chi connectivity index (χ4n) is 2.34. The van der Waals surface area contributed by atoms with Gasteiger partial charge in [-0.2, -0.15) is 0 Å². The first-order valence-electron chi connectivity index (χ1n) is 8.08. The number of nitrogens with one attached hydrogen (secondary N) is 3. The number of hydrogen-bond donors (Lipinski definition) is 4. The number of benzene rings is 1. The molecule has 138 valence electrons. The average Bonchev–Trinajstić information content (AvgIpc) is 2.68. The highest BCUT2D eigenvalue weighted by Gasteiger charge is 2.13. The molecule has 9 heteroatoms. The smallest absolute Gasteiger partial charge is 0.273 e. The number of aromatic nitrogens is 3. The van der Waals surface area contributed by atoms with Crippen LogP contribution < -0.4 is 26.6 Å². The van der Waals surface area contributed by atoms with Crippen LogP contribution in [0.1, 0.15) is 15.9 Å². The molecule has 1 aromatic carbocycles. The number of nitrogens with two attached hydrogens (primary N) is 1. The molecule has 27 heavy (non-hydrogen) atoms. The van der Waals surface area contributed by atoms with Gasteiger partial charge in [0.25, 0.3) is 5.91 Å². The topological polar surface area (TPSA) is 127 Å². The lowest BCUT2D eigenvalue weighted by molar-refractivity contribution is 0.0959. The third kappa shape index (κ3) is 4.21. The zero-order chi connectivity index (χ0) is 19.2. The van der Waals surface area contributed by atoms with Crippen molar-refractivity contribution in [1.29, 1.82) is 0 Å². The van der Waals surface area contributed by atoms with E-state index < -0.39 is 0 Å². The molecule has 0 unspecified atom stereocenters. The number of nitrogen functional groups attached to an aromatic ring is 1. The highest BCUT2D eigenvalue weighted by atomic mass is 16.5. The molecule has 0 aliphatic rings. The van der Waals surface area contributed by atoms with Gasteiger partial charge in [0.2, 0.25) is 0 Å². The summed E-state index contributed by atoms with van der Waals surface area (Å²) < 4.78 is 5.18. The molecule has 3 rings (SSSR count). The standard InChI is InChI=1S/C18H19N7O2/c1-11-7-8-20-14(9-11)23-16-15(19)17(22-10-21-16)24-25-18(26)12-5-3-4-6-13(12)27-2/h3-10H,19H2,1-2H3,(H,25,26)(H2,20,21,22,23,24). The number of hydrazine groups is 1.